The zero-order chi connectivity index (χ0) is 12.8. The van der Waals surface area contributed by atoms with Crippen molar-refractivity contribution in [3.05, 3.63) is 29.7 Å². The van der Waals surface area contributed by atoms with Gasteiger partial charge < -0.3 is 10.2 Å². The molecule has 3 heteroatoms. The Morgan fingerprint density at radius 2 is 2.22 bits per heavy atom. The number of aromatic nitrogens is 1. The van der Waals surface area contributed by atoms with Crippen molar-refractivity contribution < 1.29 is 4.42 Å². The SMILES string of the molecule is Cc1ccc2oc(C3(C)CCCCC3N)nc2c1. The summed E-state index contributed by atoms with van der Waals surface area (Å²) < 4.78 is 5.94. The van der Waals surface area contributed by atoms with Crippen LogP contribution in [0.2, 0.25) is 0 Å². The molecule has 1 aromatic heterocycles. The van der Waals surface area contributed by atoms with E-state index in [2.05, 4.69) is 31.0 Å². The van der Waals surface area contributed by atoms with Crippen molar-refractivity contribution in [3.8, 4) is 0 Å². The van der Waals surface area contributed by atoms with Crippen molar-refractivity contribution >= 4 is 11.1 Å². The Labute approximate surface area is 107 Å². The summed E-state index contributed by atoms with van der Waals surface area (Å²) in [6, 6.07) is 6.28. The molecular formula is C15H20N2O. The Kier molecular flexibility index (Phi) is 2.67. The van der Waals surface area contributed by atoms with Crippen LogP contribution in [-0.2, 0) is 5.41 Å². The van der Waals surface area contributed by atoms with Gasteiger partial charge in [0.15, 0.2) is 5.58 Å². The quantitative estimate of drug-likeness (QED) is 0.837. The van der Waals surface area contributed by atoms with Crippen LogP contribution in [0, 0.1) is 6.92 Å². The summed E-state index contributed by atoms with van der Waals surface area (Å²) in [7, 11) is 0. The first-order chi connectivity index (χ1) is 8.59. The van der Waals surface area contributed by atoms with E-state index in [-0.39, 0.29) is 11.5 Å². The molecule has 1 fully saturated rings. The van der Waals surface area contributed by atoms with Gasteiger partial charge in [0, 0.05) is 6.04 Å². The molecule has 1 heterocycles. The van der Waals surface area contributed by atoms with E-state index >= 15 is 0 Å². The highest BCUT2D eigenvalue weighted by atomic mass is 16.3. The van der Waals surface area contributed by atoms with Crippen LogP contribution < -0.4 is 5.73 Å². The summed E-state index contributed by atoms with van der Waals surface area (Å²) in [5, 5.41) is 0. The minimum absolute atomic E-state index is 0.106. The van der Waals surface area contributed by atoms with Gasteiger partial charge >= 0.3 is 0 Å². The normalized spacial score (nSPS) is 28.7. The van der Waals surface area contributed by atoms with Crippen LogP contribution in [-0.4, -0.2) is 11.0 Å². The standard InChI is InChI=1S/C15H20N2O/c1-10-6-7-12-11(9-10)17-14(18-12)15(2)8-4-3-5-13(15)16/h6-7,9,13H,3-5,8,16H2,1-2H3. The number of hydrogen-bond acceptors (Lipinski definition) is 3. The van der Waals surface area contributed by atoms with Crippen molar-refractivity contribution in [3.63, 3.8) is 0 Å². The summed E-state index contributed by atoms with van der Waals surface area (Å²) >= 11 is 0. The molecule has 3 nitrogen and oxygen atoms in total. The summed E-state index contributed by atoms with van der Waals surface area (Å²) in [5.74, 6) is 0.815. The summed E-state index contributed by atoms with van der Waals surface area (Å²) in [6.07, 6.45) is 4.56. The number of benzene rings is 1. The highest BCUT2D eigenvalue weighted by Crippen LogP contribution is 2.38. The van der Waals surface area contributed by atoms with E-state index in [1.165, 1.54) is 18.4 Å². The lowest BCUT2D eigenvalue weighted by Crippen LogP contribution is -2.45. The maximum absolute atomic E-state index is 6.30. The van der Waals surface area contributed by atoms with Crippen molar-refractivity contribution in [2.75, 3.05) is 0 Å². The third kappa shape index (κ3) is 1.74. The average Bonchev–Trinajstić information content (AvgIpc) is 2.76. The second kappa shape index (κ2) is 4.09. The van der Waals surface area contributed by atoms with E-state index in [1.54, 1.807) is 0 Å². The fourth-order valence-electron chi connectivity index (χ4n) is 2.91. The number of oxazole rings is 1. The average molecular weight is 244 g/mol. The number of hydrogen-bond donors (Lipinski definition) is 1. The molecule has 18 heavy (non-hydrogen) atoms. The van der Waals surface area contributed by atoms with Gasteiger partial charge in [-0.3, -0.25) is 0 Å². The van der Waals surface area contributed by atoms with E-state index in [4.69, 9.17) is 10.2 Å². The minimum Gasteiger partial charge on any atom is -0.440 e. The molecule has 2 aromatic rings. The third-order valence-corrected chi connectivity index (χ3v) is 4.31. The predicted molar refractivity (Wildman–Crippen MR) is 72.5 cm³/mol. The first kappa shape index (κ1) is 11.7. The van der Waals surface area contributed by atoms with Crippen LogP contribution in [0.25, 0.3) is 11.1 Å². The molecular weight excluding hydrogens is 224 g/mol. The van der Waals surface area contributed by atoms with Gasteiger partial charge in [-0.1, -0.05) is 18.9 Å². The molecule has 96 valence electrons. The van der Waals surface area contributed by atoms with Crippen LogP contribution in [0.15, 0.2) is 22.6 Å². The van der Waals surface area contributed by atoms with Gasteiger partial charge in [0.05, 0.1) is 5.41 Å². The Balaban J connectivity index is 2.07. The fraction of sp³-hybridized carbons (Fsp3) is 0.533. The molecule has 0 saturated heterocycles. The van der Waals surface area contributed by atoms with Gasteiger partial charge in [0.1, 0.15) is 5.52 Å². The van der Waals surface area contributed by atoms with Crippen molar-refractivity contribution in [2.24, 2.45) is 5.73 Å². The van der Waals surface area contributed by atoms with Gasteiger partial charge in [-0.05, 0) is 44.4 Å². The lowest BCUT2D eigenvalue weighted by molar-refractivity contribution is 0.226. The predicted octanol–water partition coefficient (Wildman–Crippen LogP) is 3.30. The van der Waals surface area contributed by atoms with E-state index in [0.29, 0.717) is 0 Å². The highest BCUT2D eigenvalue weighted by Gasteiger charge is 2.40. The Hall–Kier alpha value is -1.35. The van der Waals surface area contributed by atoms with Crippen LogP contribution in [0.3, 0.4) is 0 Å². The van der Waals surface area contributed by atoms with Crippen molar-refractivity contribution in [1.29, 1.82) is 0 Å². The molecule has 2 N–H and O–H groups in total. The maximum Gasteiger partial charge on any atom is 0.202 e. The molecule has 1 saturated carbocycles. The smallest absolute Gasteiger partial charge is 0.202 e. The molecule has 1 aromatic carbocycles. The monoisotopic (exact) mass is 244 g/mol. The topological polar surface area (TPSA) is 52.0 Å². The molecule has 2 atom stereocenters. The van der Waals surface area contributed by atoms with E-state index in [9.17, 15) is 0 Å². The highest BCUT2D eigenvalue weighted by molar-refractivity contribution is 5.73. The Morgan fingerprint density at radius 3 is 3.00 bits per heavy atom. The second-order valence-electron chi connectivity index (χ2n) is 5.76. The second-order valence-corrected chi connectivity index (χ2v) is 5.76. The largest absolute Gasteiger partial charge is 0.440 e. The molecule has 0 radical (unpaired) electrons. The van der Waals surface area contributed by atoms with Crippen LogP contribution in [0.5, 0.6) is 0 Å². The van der Waals surface area contributed by atoms with Crippen LogP contribution in [0.4, 0.5) is 0 Å². The van der Waals surface area contributed by atoms with Crippen molar-refractivity contribution in [1.82, 2.24) is 4.98 Å². The zero-order valence-electron chi connectivity index (χ0n) is 11.1. The number of aryl methyl sites for hydroxylation is 1. The summed E-state index contributed by atoms with van der Waals surface area (Å²) in [6.45, 7) is 4.26. The van der Waals surface area contributed by atoms with E-state index in [0.717, 1.165) is 29.8 Å². The Bertz CT molecular complexity index is 575. The third-order valence-electron chi connectivity index (χ3n) is 4.31. The molecule has 3 rings (SSSR count). The summed E-state index contributed by atoms with van der Waals surface area (Å²) in [5.41, 5.74) is 9.22. The zero-order valence-corrected chi connectivity index (χ0v) is 11.1. The van der Waals surface area contributed by atoms with Gasteiger partial charge in [-0.15, -0.1) is 0 Å². The number of rotatable bonds is 1. The van der Waals surface area contributed by atoms with E-state index in [1.807, 2.05) is 6.07 Å². The summed E-state index contributed by atoms with van der Waals surface area (Å²) in [4.78, 5) is 4.67. The molecule has 1 aliphatic carbocycles. The van der Waals surface area contributed by atoms with Crippen molar-refractivity contribution in [2.45, 2.75) is 51.0 Å². The van der Waals surface area contributed by atoms with E-state index < -0.39 is 0 Å². The first-order valence-electron chi connectivity index (χ1n) is 6.73. The van der Waals surface area contributed by atoms with Gasteiger partial charge in [0.2, 0.25) is 5.89 Å². The molecule has 1 aliphatic rings. The fourth-order valence-corrected chi connectivity index (χ4v) is 2.91. The number of nitrogens with zero attached hydrogens (tertiary/aromatic N) is 1. The molecule has 2 unspecified atom stereocenters. The number of fused-ring (bicyclic) bond motifs is 1. The molecule has 0 bridgehead atoms. The first-order valence-corrected chi connectivity index (χ1v) is 6.73. The molecule has 0 amide bonds. The molecule has 0 aliphatic heterocycles. The van der Waals surface area contributed by atoms with Gasteiger partial charge in [0.25, 0.3) is 0 Å². The number of nitrogens with two attached hydrogens (primary N) is 1. The molecule has 0 spiro atoms. The Morgan fingerprint density at radius 1 is 1.39 bits per heavy atom. The minimum atomic E-state index is -0.106. The van der Waals surface area contributed by atoms with Crippen LogP contribution >= 0.6 is 0 Å². The van der Waals surface area contributed by atoms with Gasteiger partial charge in [-0.2, -0.15) is 0 Å². The maximum atomic E-state index is 6.30. The van der Waals surface area contributed by atoms with Crippen LogP contribution in [0.1, 0.15) is 44.1 Å². The lowest BCUT2D eigenvalue weighted by Gasteiger charge is -2.36. The van der Waals surface area contributed by atoms with Gasteiger partial charge in [-0.25, -0.2) is 4.98 Å². The lowest BCUT2D eigenvalue weighted by atomic mass is 9.72.